The number of carbonyl (C=O) groups is 2. The topological polar surface area (TPSA) is 78.0 Å². The number of carbonyl (C=O) groups excluding carboxylic acids is 2. The molecule has 30 heavy (non-hydrogen) atoms. The quantitative estimate of drug-likeness (QED) is 0.685. The third kappa shape index (κ3) is 2.85. The standard InChI is InChI=1S/C23H22N4O3/c1-14-22-18(17-8-3-4-9-19(17)25-22)11-20-23(29)26(13-21(28)27(14)20)24-12-15-6-5-7-16(10-15)30-2/h3-10,12,14,20,25H,11,13H2,1-2H3/b24-12+/t14-,20-/m0/s1. The van der Waals surface area contributed by atoms with Gasteiger partial charge in [-0.15, -0.1) is 0 Å². The predicted molar refractivity (Wildman–Crippen MR) is 113 cm³/mol. The summed E-state index contributed by atoms with van der Waals surface area (Å²) in [6, 6.07) is 14.7. The Balaban J connectivity index is 1.46. The van der Waals surface area contributed by atoms with Crippen molar-refractivity contribution in [3.63, 3.8) is 0 Å². The third-order valence-electron chi connectivity index (χ3n) is 5.97. The number of methoxy groups -OCH3 is 1. The van der Waals surface area contributed by atoms with Crippen molar-refractivity contribution in [1.29, 1.82) is 0 Å². The summed E-state index contributed by atoms with van der Waals surface area (Å²) in [6.07, 6.45) is 2.08. The highest BCUT2D eigenvalue weighted by Gasteiger charge is 2.46. The number of benzene rings is 2. The highest BCUT2D eigenvalue weighted by molar-refractivity contribution is 5.97. The molecule has 1 saturated heterocycles. The zero-order valence-corrected chi connectivity index (χ0v) is 16.8. The van der Waals surface area contributed by atoms with E-state index in [0.29, 0.717) is 12.2 Å². The highest BCUT2D eigenvalue weighted by Crippen LogP contribution is 2.38. The van der Waals surface area contributed by atoms with Crippen molar-refractivity contribution in [3.8, 4) is 5.75 Å². The largest absolute Gasteiger partial charge is 0.497 e. The minimum atomic E-state index is -0.546. The van der Waals surface area contributed by atoms with Gasteiger partial charge in [0.1, 0.15) is 18.3 Å². The Morgan fingerprint density at radius 3 is 2.83 bits per heavy atom. The van der Waals surface area contributed by atoms with Crippen molar-refractivity contribution in [2.45, 2.75) is 25.4 Å². The second kappa shape index (κ2) is 7.02. The number of amides is 2. The molecule has 0 radical (unpaired) electrons. The molecule has 0 bridgehead atoms. The molecule has 3 aromatic rings. The fraction of sp³-hybridized carbons (Fsp3) is 0.261. The van der Waals surface area contributed by atoms with E-state index < -0.39 is 6.04 Å². The molecule has 2 amide bonds. The maximum absolute atomic E-state index is 13.2. The number of hydrogen-bond acceptors (Lipinski definition) is 4. The summed E-state index contributed by atoms with van der Waals surface area (Å²) < 4.78 is 5.22. The fourth-order valence-corrected chi connectivity index (χ4v) is 4.51. The van der Waals surface area contributed by atoms with Crippen LogP contribution < -0.4 is 4.74 Å². The molecule has 2 atom stereocenters. The van der Waals surface area contributed by atoms with E-state index in [9.17, 15) is 9.59 Å². The highest BCUT2D eigenvalue weighted by atomic mass is 16.5. The summed E-state index contributed by atoms with van der Waals surface area (Å²) in [5, 5.41) is 6.73. The van der Waals surface area contributed by atoms with E-state index in [1.165, 1.54) is 5.01 Å². The molecule has 2 aliphatic rings. The van der Waals surface area contributed by atoms with Gasteiger partial charge in [-0.3, -0.25) is 9.59 Å². The lowest BCUT2D eigenvalue weighted by Crippen LogP contribution is -2.61. The number of H-pyrrole nitrogens is 1. The van der Waals surface area contributed by atoms with Crippen molar-refractivity contribution >= 4 is 28.9 Å². The van der Waals surface area contributed by atoms with Crippen molar-refractivity contribution in [2.24, 2.45) is 5.10 Å². The third-order valence-corrected chi connectivity index (χ3v) is 5.97. The average molecular weight is 402 g/mol. The number of piperazine rings is 1. The first-order valence-electron chi connectivity index (χ1n) is 9.97. The summed E-state index contributed by atoms with van der Waals surface area (Å²) >= 11 is 0. The van der Waals surface area contributed by atoms with Gasteiger partial charge in [0.2, 0.25) is 5.91 Å². The summed E-state index contributed by atoms with van der Waals surface area (Å²) in [7, 11) is 1.60. The molecule has 0 unspecified atom stereocenters. The molecular formula is C23H22N4O3. The molecule has 1 N–H and O–H groups in total. The number of hydrazone groups is 1. The number of nitrogens with one attached hydrogen (secondary N) is 1. The predicted octanol–water partition coefficient (Wildman–Crippen LogP) is 2.87. The monoisotopic (exact) mass is 402 g/mol. The second-order valence-corrected chi connectivity index (χ2v) is 7.68. The number of aromatic nitrogens is 1. The van der Waals surface area contributed by atoms with Crippen LogP contribution in [0, 0.1) is 0 Å². The molecule has 2 aliphatic heterocycles. The van der Waals surface area contributed by atoms with Gasteiger partial charge in [0, 0.05) is 23.0 Å². The Bertz CT molecular complexity index is 1180. The van der Waals surface area contributed by atoms with Gasteiger partial charge in [0.15, 0.2) is 0 Å². The average Bonchev–Trinajstić information content (AvgIpc) is 3.14. The zero-order valence-electron chi connectivity index (χ0n) is 16.8. The minimum Gasteiger partial charge on any atom is -0.497 e. The smallest absolute Gasteiger partial charge is 0.266 e. The number of rotatable bonds is 3. The van der Waals surface area contributed by atoms with Gasteiger partial charge in [0.05, 0.1) is 19.4 Å². The van der Waals surface area contributed by atoms with Crippen LogP contribution in [-0.2, 0) is 16.0 Å². The minimum absolute atomic E-state index is 0.0598. The molecule has 0 spiro atoms. The van der Waals surface area contributed by atoms with Crippen LogP contribution in [0.1, 0.15) is 29.8 Å². The Hall–Kier alpha value is -3.61. The van der Waals surface area contributed by atoms with Gasteiger partial charge in [-0.05, 0) is 36.2 Å². The van der Waals surface area contributed by atoms with Crippen LogP contribution in [-0.4, -0.2) is 52.6 Å². The Labute approximate surface area is 173 Å². The Morgan fingerprint density at radius 1 is 1.17 bits per heavy atom. The van der Waals surface area contributed by atoms with E-state index in [4.69, 9.17) is 4.74 Å². The first kappa shape index (κ1) is 18.4. The Morgan fingerprint density at radius 2 is 2.00 bits per heavy atom. The van der Waals surface area contributed by atoms with Crippen LogP contribution in [0.5, 0.6) is 5.75 Å². The van der Waals surface area contributed by atoms with E-state index in [2.05, 4.69) is 16.2 Å². The lowest BCUT2D eigenvalue weighted by atomic mass is 9.90. The number of nitrogens with zero attached hydrogens (tertiary/aromatic N) is 3. The van der Waals surface area contributed by atoms with Gasteiger partial charge in [-0.2, -0.15) is 5.10 Å². The molecule has 7 heteroatoms. The normalized spacial score (nSPS) is 21.3. The van der Waals surface area contributed by atoms with Crippen LogP contribution in [0.3, 0.4) is 0 Å². The number of hydrogen-bond donors (Lipinski definition) is 1. The summed E-state index contributed by atoms with van der Waals surface area (Å²) in [4.78, 5) is 31.4. The summed E-state index contributed by atoms with van der Waals surface area (Å²) in [6.45, 7) is 1.91. The van der Waals surface area contributed by atoms with Gasteiger partial charge in [-0.25, -0.2) is 5.01 Å². The molecule has 2 aromatic carbocycles. The van der Waals surface area contributed by atoms with Crippen LogP contribution in [0.15, 0.2) is 53.6 Å². The zero-order chi connectivity index (χ0) is 20.8. The molecule has 0 saturated carbocycles. The van der Waals surface area contributed by atoms with E-state index in [0.717, 1.165) is 27.7 Å². The molecular weight excluding hydrogens is 380 g/mol. The second-order valence-electron chi connectivity index (χ2n) is 7.68. The van der Waals surface area contributed by atoms with Crippen molar-refractivity contribution in [3.05, 3.63) is 65.4 Å². The lowest BCUT2D eigenvalue weighted by molar-refractivity contribution is -0.159. The maximum Gasteiger partial charge on any atom is 0.266 e. The molecule has 7 nitrogen and oxygen atoms in total. The Kier molecular flexibility index (Phi) is 4.31. The number of ether oxygens (including phenoxy) is 1. The molecule has 152 valence electrons. The van der Waals surface area contributed by atoms with Gasteiger partial charge < -0.3 is 14.6 Å². The number of fused-ring (bicyclic) bond motifs is 4. The van der Waals surface area contributed by atoms with E-state index in [1.807, 2.05) is 49.4 Å². The van der Waals surface area contributed by atoms with E-state index >= 15 is 0 Å². The van der Waals surface area contributed by atoms with Crippen LogP contribution in [0.25, 0.3) is 10.9 Å². The first-order chi connectivity index (χ1) is 14.6. The van der Waals surface area contributed by atoms with E-state index in [-0.39, 0.29) is 24.4 Å². The molecule has 3 heterocycles. The van der Waals surface area contributed by atoms with Crippen LogP contribution >= 0.6 is 0 Å². The molecule has 5 rings (SSSR count). The van der Waals surface area contributed by atoms with Crippen molar-refractivity contribution in [1.82, 2.24) is 14.9 Å². The van der Waals surface area contributed by atoms with Gasteiger partial charge in [0.25, 0.3) is 5.91 Å². The molecule has 0 aliphatic carbocycles. The number of para-hydroxylation sites is 1. The number of aromatic amines is 1. The van der Waals surface area contributed by atoms with Crippen molar-refractivity contribution < 1.29 is 14.3 Å². The van der Waals surface area contributed by atoms with E-state index in [1.54, 1.807) is 18.2 Å². The summed E-state index contributed by atoms with van der Waals surface area (Å²) in [5.41, 5.74) is 3.95. The fourth-order valence-electron chi connectivity index (χ4n) is 4.51. The van der Waals surface area contributed by atoms with Crippen LogP contribution in [0.2, 0.25) is 0 Å². The maximum atomic E-state index is 13.2. The first-order valence-corrected chi connectivity index (χ1v) is 9.97. The summed E-state index contributed by atoms with van der Waals surface area (Å²) in [5.74, 6) is 0.454. The van der Waals surface area contributed by atoms with Crippen LogP contribution in [0.4, 0.5) is 0 Å². The SMILES string of the molecule is COc1cccc(/C=N/N2CC(=O)N3[C@@H](Cc4c([nH]c5ccccc45)[C@@H]3C)C2=O)c1. The lowest BCUT2D eigenvalue weighted by Gasteiger charge is -2.44. The van der Waals surface area contributed by atoms with Gasteiger partial charge in [-0.1, -0.05) is 30.3 Å². The van der Waals surface area contributed by atoms with Gasteiger partial charge >= 0.3 is 0 Å². The molecule has 1 fully saturated rings. The molecule has 1 aromatic heterocycles. The van der Waals surface area contributed by atoms with Crippen molar-refractivity contribution in [2.75, 3.05) is 13.7 Å².